The molecule has 3 N–H and O–H groups in total. The van der Waals surface area contributed by atoms with Crippen LogP contribution in [0.25, 0.3) is 21.8 Å². The molecule has 0 bridgehead atoms. The molecule has 2 unspecified atom stereocenters. The lowest BCUT2D eigenvalue weighted by Crippen LogP contribution is -2.43. The summed E-state index contributed by atoms with van der Waals surface area (Å²) in [6, 6.07) is 18.3. The van der Waals surface area contributed by atoms with Gasteiger partial charge in [0, 0.05) is 35.4 Å². The largest absolute Gasteiger partial charge is 0.352 e. The van der Waals surface area contributed by atoms with Gasteiger partial charge in [0.2, 0.25) is 11.8 Å². The third-order valence-corrected chi connectivity index (χ3v) is 6.78. The van der Waals surface area contributed by atoms with Crippen molar-refractivity contribution in [2.24, 2.45) is 5.92 Å². The van der Waals surface area contributed by atoms with Crippen molar-refractivity contribution in [2.75, 3.05) is 0 Å². The number of benzene rings is 2. The van der Waals surface area contributed by atoms with E-state index in [1.165, 1.54) is 5.56 Å². The number of nitrogens with one attached hydrogen (secondary N) is 2. The molecule has 1 aliphatic rings. The van der Waals surface area contributed by atoms with Crippen LogP contribution in [0.3, 0.4) is 0 Å². The van der Waals surface area contributed by atoms with Crippen LogP contribution in [0.15, 0.2) is 60.8 Å². The maximum absolute atomic E-state index is 12.6. The van der Waals surface area contributed by atoms with E-state index in [1.807, 2.05) is 37.3 Å². The highest BCUT2D eigenvalue weighted by Crippen LogP contribution is 2.26. The van der Waals surface area contributed by atoms with Gasteiger partial charge in [0.15, 0.2) is 0 Å². The number of hydroxylamine groups is 1. The fourth-order valence-corrected chi connectivity index (χ4v) is 5.18. The van der Waals surface area contributed by atoms with Gasteiger partial charge in [-0.1, -0.05) is 30.7 Å². The zero-order valence-corrected chi connectivity index (χ0v) is 19.1. The van der Waals surface area contributed by atoms with Crippen LogP contribution in [0.5, 0.6) is 0 Å². The highest BCUT2D eigenvalue weighted by Gasteiger charge is 2.33. The molecule has 4 aromatic rings. The number of para-hydroxylation sites is 1. The van der Waals surface area contributed by atoms with Crippen LogP contribution in [0.4, 0.5) is 0 Å². The minimum Gasteiger partial charge on any atom is -0.352 e. The predicted molar refractivity (Wildman–Crippen MR) is 130 cm³/mol. The lowest BCUT2D eigenvalue weighted by Gasteiger charge is -2.19. The Kier molecular flexibility index (Phi) is 6.02. The minimum atomic E-state index is -0.428. The quantitative estimate of drug-likeness (QED) is 0.303. The molecule has 2 amide bonds. The Morgan fingerprint density at radius 2 is 1.97 bits per heavy atom. The summed E-state index contributed by atoms with van der Waals surface area (Å²) < 4.78 is 2.22. The van der Waals surface area contributed by atoms with Crippen LogP contribution in [-0.4, -0.2) is 32.6 Å². The van der Waals surface area contributed by atoms with E-state index in [-0.39, 0.29) is 24.3 Å². The molecule has 1 aliphatic carbocycles. The van der Waals surface area contributed by atoms with Gasteiger partial charge >= 0.3 is 0 Å². The van der Waals surface area contributed by atoms with Crippen LogP contribution in [0, 0.1) is 12.8 Å². The monoisotopic (exact) mass is 456 g/mol. The Morgan fingerprint density at radius 1 is 1.12 bits per heavy atom. The molecule has 0 spiro atoms. The summed E-state index contributed by atoms with van der Waals surface area (Å²) in [6.45, 7) is 2.76. The molecule has 2 heterocycles. The van der Waals surface area contributed by atoms with E-state index in [0.717, 1.165) is 52.4 Å². The summed E-state index contributed by atoms with van der Waals surface area (Å²) in [5, 5.41) is 14.1. The van der Waals surface area contributed by atoms with Crippen molar-refractivity contribution >= 4 is 33.6 Å². The molecule has 2 atom stereocenters. The van der Waals surface area contributed by atoms with Crippen molar-refractivity contribution in [3.05, 3.63) is 77.6 Å². The summed E-state index contributed by atoms with van der Waals surface area (Å²) in [5.41, 5.74) is 6.98. The molecule has 5 rings (SSSR count). The number of aryl methyl sites for hydroxylation is 1. The van der Waals surface area contributed by atoms with Crippen molar-refractivity contribution in [2.45, 2.75) is 45.2 Å². The van der Waals surface area contributed by atoms with Gasteiger partial charge in [-0.3, -0.25) is 19.8 Å². The molecular formula is C27H28N4O3. The smallest absolute Gasteiger partial charge is 0.248 e. The third kappa shape index (κ3) is 4.39. The molecule has 7 nitrogen and oxygen atoms in total. The van der Waals surface area contributed by atoms with Crippen molar-refractivity contribution < 1.29 is 14.8 Å². The van der Waals surface area contributed by atoms with E-state index < -0.39 is 5.91 Å². The van der Waals surface area contributed by atoms with Crippen LogP contribution < -0.4 is 10.8 Å². The number of hydrogen-bond donors (Lipinski definition) is 3. The number of pyridine rings is 1. The molecule has 2 aromatic carbocycles. The zero-order valence-electron chi connectivity index (χ0n) is 19.1. The number of rotatable bonds is 6. The van der Waals surface area contributed by atoms with Crippen LogP contribution in [-0.2, 0) is 22.6 Å². The van der Waals surface area contributed by atoms with Gasteiger partial charge in [0.05, 0.1) is 17.9 Å². The highest BCUT2D eigenvalue weighted by atomic mass is 16.5. The Hall–Kier alpha value is -3.71. The second kappa shape index (κ2) is 9.27. The standard InChI is InChI=1S/C27H28N4O3/c1-17-13-20(21-5-2-3-7-23(21)28-17)16-31-12-11-19-14-18(9-10-25(19)31)15-26(32)29-24-8-4-6-22(24)27(33)30-34/h2-3,5,7,9-14,22,24,34H,4,6,8,15-16H2,1H3,(H,29,32)(H,30,33). The first-order valence-electron chi connectivity index (χ1n) is 11.7. The number of fused-ring (bicyclic) bond motifs is 2. The second-order valence-electron chi connectivity index (χ2n) is 9.14. The van der Waals surface area contributed by atoms with Crippen molar-refractivity contribution in [1.29, 1.82) is 0 Å². The lowest BCUT2D eigenvalue weighted by atomic mass is 10.0. The van der Waals surface area contributed by atoms with Crippen molar-refractivity contribution in [3.63, 3.8) is 0 Å². The van der Waals surface area contributed by atoms with Gasteiger partial charge in [-0.2, -0.15) is 0 Å². The highest BCUT2D eigenvalue weighted by molar-refractivity contribution is 5.86. The van der Waals surface area contributed by atoms with Gasteiger partial charge in [-0.05, 0) is 66.6 Å². The number of hydrogen-bond acceptors (Lipinski definition) is 4. The zero-order chi connectivity index (χ0) is 23.7. The molecule has 7 heteroatoms. The van der Waals surface area contributed by atoms with Gasteiger partial charge in [-0.15, -0.1) is 0 Å². The van der Waals surface area contributed by atoms with Crippen LogP contribution >= 0.6 is 0 Å². The van der Waals surface area contributed by atoms with E-state index in [9.17, 15) is 9.59 Å². The molecule has 1 saturated carbocycles. The molecule has 0 saturated heterocycles. The average molecular weight is 457 g/mol. The van der Waals surface area contributed by atoms with E-state index in [0.29, 0.717) is 6.42 Å². The molecule has 1 fully saturated rings. The fraction of sp³-hybridized carbons (Fsp3) is 0.296. The summed E-state index contributed by atoms with van der Waals surface area (Å²) >= 11 is 0. The van der Waals surface area contributed by atoms with E-state index in [4.69, 9.17) is 5.21 Å². The van der Waals surface area contributed by atoms with Crippen molar-refractivity contribution in [1.82, 2.24) is 20.3 Å². The summed E-state index contributed by atoms with van der Waals surface area (Å²) in [7, 11) is 0. The summed E-state index contributed by atoms with van der Waals surface area (Å²) in [6.07, 6.45) is 4.60. The summed E-state index contributed by atoms with van der Waals surface area (Å²) in [5.74, 6) is -0.916. The molecule has 0 radical (unpaired) electrons. The first kappa shape index (κ1) is 22.1. The SMILES string of the molecule is Cc1cc(Cn2ccc3cc(CC(=O)NC4CCCC4C(=O)NO)ccc32)c2ccccc2n1. The Labute approximate surface area is 197 Å². The first-order chi connectivity index (χ1) is 16.5. The topological polar surface area (TPSA) is 96.2 Å². The number of carbonyl (C=O) groups excluding carboxylic acids is 2. The van der Waals surface area contributed by atoms with Gasteiger partial charge in [-0.25, -0.2) is 5.48 Å². The Bertz CT molecular complexity index is 1380. The Balaban J connectivity index is 1.32. The summed E-state index contributed by atoms with van der Waals surface area (Å²) in [4.78, 5) is 29.1. The van der Waals surface area contributed by atoms with E-state index in [1.54, 1.807) is 5.48 Å². The van der Waals surface area contributed by atoms with Gasteiger partial charge < -0.3 is 9.88 Å². The van der Waals surface area contributed by atoms with Crippen molar-refractivity contribution in [3.8, 4) is 0 Å². The van der Waals surface area contributed by atoms with Crippen LogP contribution in [0.2, 0.25) is 0 Å². The first-order valence-corrected chi connectivity index (χ1v) is 11.7. The molecule has 34 heavy (non-hydrogen) atoms. The molecule has 0 aliphatic heterocycles. The molecule has 2 aromatic heterocycles. The number of aromatic nitrogens is 2. The molecule has 174 valence electrons. The second-order valence-corrected chi connectivity index (χ2v) is 9.14. The van der Waals surface area contributed by atoms with Gasteiger partial charge in [0.1, 0.15) is 0 Å². The normalized spacial score (nSPS) is 17.8. The number of nitrogens with zero attached hydrogens (tertiary/aromatic N) is 2. The number of amides is 2. The van der Waals surface area contributed by atoms with Gasteiger partial charge in [0.25, 0.3) is 0 Å². The predicted octanol–water partition coefficient (Wildman–Crippen LogP) is 3.88. The maximum atomic E-state index is 12.6. The third-order valence-electron chi connectivity index (χ3n) is 6.78. The average Bonchev–Trinajstić information content (AvgIpc) is 3.45. The minimum absolute atomic E-state index is 0.111. The lowest BCUT2D eigenvalue weighted by molar-refractivity contribution is -0.134. The van der Waals surface area contributed by atoms with E-state index >= 15 is 0 Å². The molecular weight excluding hydrogens is 428 g/mol. The van der Waals surface area contributed by atoms with E-state index in [2.05, 4.69) is 45.3 Å². The maximum Gasteiger partial charge on any atom is 0.248 e. The van der Waals surface area contributed by atoms with Crippen LogP contribution in [0.1, 0.15) is 36.1 Å². The number of carbonyl (C=O) groups is 2. The fourth-order valence-electron chi connectivity index (χ4n) is 5.18. The Morgan fingerprint density at radius 3 is 2.82 bits per heavy atom.